The maximum atomic E-state index is 14.9. The van der Waals surface area contributed by atoms with Gasteiger partial charge in [-0.15, -0.1) is 0 Å². The molecule has 0 saturated heterocycles. The van der Waals surface area contributed by atoms with E-state index in [1.54, 1.807) is 6.07 Å². The molecule has 0 spiro atoms. The quantitative estimate of drug-likeness (QED) is 0.299. The van der Waals surface area contributed by atoms with Crippen LogP contribution in [0.2, 0.25) is 0 Å². The summed E-state index contributed by atoms with van der Waals surface area (Å²) in [5.74, 6) is -3.50. The molecule has 6 nitrogen and oxygen atoms in total. The Bertz CT molecular complexity index is 1120. The van der Waals surface area contributed by atoms with Crippen LogP contribution in [0.25, 0.3) is 5.70 Å². The van der Waals surface area contributed by atoms with Gasteiger partial charge < -0.3 is 14.8 Å². The molecule has 0 radical (unpaired) electrons. The predicted molar refractivity (Wildman–Crippen MR) is 119 cm³/mol. The molecule has 1 aromatic heterocycles. The van der Waals surface area contributed by atoms with Gasteiger partial charge in [0.2, 0.25) is 10.0 Å². The van der Waals surface area contributed by atoms with Crippen molar-refractivity contribution in [2.24, 2.45) is 0 Å². The van der Waals surface area contributed by atoms with Gasteiger partial charge in [-0.2, -0.15) is 0 Å². The Hall–Kier alpha value is -1.99. The molecular weight excluding hydrogens is 548 g/mol. The second-order valence-corrected chi connectivity index (χ2v) is 10.4. The maximum Gasteiger partial charge on any atom is 0.238 e. The lowest BCUT2D eigenvalue weighted by Gasteiger charge is -2.21. The Kier molecular flexibility index (Phi) is 7.06. The number of rotatable bonds is 9. The Balaban J connectivity index is 2.16. The van der Waals surface area contributed by atoms with Crippen LogP contribution >= 0.6 is 22.6 Å². The Labute approximate surface area is 191 Å². The molecule has 31 heavy (non-hydrogen) atoms. The third-order valence-electron chi connectivity index (χ3n) is 4.91. The number of allylic oxidation sites excluding steroid dienone is 2. The molecule has 0 bridgehead atoms. The molecule has 3 N–H and O–H groups in total. The maximum absolute atomic E-state index is 14.9. The Morgan fingerprint density at radius 3 is 2.52 bits per heavy atom. The summed E-state index contributed by atoms with van der Waals surface area (Å²) in [4.78, 5) is 0. The summed E-state index contributed by atoms with van der Waals surface area (Å²) < 4.78 is 76.2. The van der Waals surface area contributed by atoms with E-state index in [0.717, 1.165) is 6.92 Å². The zero-order valence-corrected chi connectivity index (χ0v) is 19.4. The molecule has 1 aromatic carbocycles. The molecule has 1 fully saturated rings. The van der Waals surface area contributed by atoms with E-state index in [1.165, 1.54) is 30.5 Å². The average molecular weight is 568 g/mol. The number of hydrogen-bond donors (Lipinski definition) is 3. The number of halogens is 4. The van der Waals surface area contributed by atoms with Gasteiger partial charge in [0.05, 0.1) is 16.7 Å². The molecule has 1 aliphatic carbocycles. The van der Waals surface area contributed by atoms with Gasteiger partial charge in [0.25, 0.3) is 0 Å². The zero-order chi connectivity index (χ0) is 22.8. The van der Waals surface area contributed by atoms with Crippen molar-refractivity contribution >= 4 is 44.0 Å². The van der Waals surface area contributed by atoms with E-state index < -0.39 is 43.6 Å². The molecule has 0 aliphatic heterocycles. The van der Waals surface area contributed by atoms with Gasteiger partial charge in [0, 0.05) is 10.2 Å². The van der Waals surface area contributed by atoms with Gasteiger partial charge in [0.1, 0.15) is 23.0 Å². The SMILES string of the molecule is C/C(F)=C(F)\C(Nc1ccc(I)cc1F)=C(\NS(=O)(=O)C1(CCO)CC1)c1ccco1. The number of nitrogens with one attached hydrogen (secondary N) is 2. The highest BCUT2D eigenvalue weighted by atomic mass is 127. The van der Waals surface area contributed by atoms with Crippen molar-refractivity contribution in [2.75, 3.05) is 11.9 Å². The van der Waals surface area contributed by atoms with E-state index >= 15 is 0 Å². The van der Waals surface area contributed by atoms with Crippen LogP contribution < -0.4 is 10.0 Å². The first kappa shape index (κ1) is 23.7. The van der Waals surface area contributed by atoms with Crippen molar-refractivity contribution < 1.29 is 31.1 Å². The summed E-state index contributed by atoms with van der Waals surface area (Å²) in [5.41, 5.74) is -1.24. The second kappa shape index (κ2) is 9.25. The number of benzene rings is 1. The van der Waals surface area contributed by atoms with Crippen LogP contribution in [0.1, 0.15) is 31.9 Å². The largest absolute Gasteiger partial charge is 0.463 e. The van der Waals surface area contributed by atoms with Crippen molar-refractivity contribution in [1.82, 2.24) is 4.72 Å². The summed E-state index contributed by atoms with van der Waals surface area (Å²) in [5, 5.41) is 11.7. The van der Waals surface area contributed by atoms with Gasteiger partial charge in [0.15, 0.2) is 11.6 Å². The van der Waals surface area contributed by atoms with Crippen molar-refractivity contribution in [1.29, 1.82) is 0 Å². The minimum Gasteiger partial charge on any atom is -0.463 e. The highest BCUT2D eigenvalue weighted by Crippen LogP contribution is 2.46. The van der Waals surface area contributed by atoms with Gasteiger partial charge >= 0.3 is 0 Å². The summed E-state index contributed by atoms with van der Waals surface area (Å²) in [6.45, 7) is 0.501. The topological polar surface area (TPSA) is 91.6 Å². The van der Waals surface area contributed by atoms with Gasteiger partial charge in [-0.3, -0.25) is 4.72 Å². The number of anilines is 1. The molecule has 168 valence electrons. The van der Waals surface area contributed by atoms with Crippen LogP contribution in [0.5, 0.6) is 0 Å². The number of hydrogen-bond acceptors (Lipinski definition) is 5. The van der Waals surface area contributed by atoms with Crippen LogP contribution in [0.15, 0.2) is 58.4 Å². The first-order chi connectivity index (χ1) is 14.6. The molecule has 11 heteroatoms. The average Bonchev–Trinajstić information content (AvgIpc) is 3.30. The molecule has 0 atom stereocenters. The van der Waals surface area contributed by atoms with Crippen LogP contribution in [0.4, 0.5) is 18.9 Å². The lowest BCUT2D eigenvalue weighted by Crippen LogP contribution is -2.36. The van der Waals surface area contributed by atoms with Crippen molar-refractivity contribution in [3.8, 4) is 0 Å². The first-order valence-corrected chi connectivity index (χ1v) is 11.8. The van der Waals surface area contributed by atoms with Crippen LogP contribution in [0, 0.1) is 9.39 Å². The van der Waals surface area contributed by atoms with E-state index in [2.05, 4.69) is 10.0 Å². The Morgan fingerprint density at radius 2 is 2.00 bits per heavy atom. The van der Waals surface area contributed by atoms with Gasteiger partial charge in [-0.25, -0.2) is 21.6 Å². The summed E-state index contributed by atoms with van der Waals surface area (Å²) in [7, 11) is -4.12. The number of furan rings is 1. The normalized spacial score (nSPS) is 17.0. The van der Waals surface area contributed by atoms with Crippen molar-refractivity contribution in [3.63, 3.8) is 0 Å². The smallest absolute Gasteiger partial charge is 0.238 e. The molecule has 1 aliphatic rings. The predicted octanol–water partition coefficient (Wildman–Crippen LogP) is 4.81. The van der Waals surface area contributed by atoms with E-state index in [-0.39, 0.29) is 24.5 Å². The fourth-order valence-electron chi connectivity index (χ4n) is 3.01. The highest BCUT2D eigenvalue weighted by Gasteiger charge is 2.54. The van der Waals surface area contributed by atoms with Crippen molar-refractivity contribution in [2.45, 2.75) is 30.9 Å². The van der Waals surface area contributed by atoms with Crippen LogP contribution in [-0.2, 0) is 10.0 Å². The third-order valence-corrected chi connectivity index (χ3v) is 7.81. The number of aliphatic hydroxyl groups is 1. The minimum atomic E-state index is -4.12. The summed E-state index contributed by atoms with van der Waals surface area (Å²) >= 11 is 1.89. The first-order valence-electron chi connectivity index (χ1n) is 9.26. The standard InChI is InChI=1S/C20H20F3IN2O4S/c1-12(21)17(23)19(25-15-5-4-13(24)11-14(15)22)18(16-3-2-10-30-16)26-31(28,29)20(6-7-20)8-9-27/h2-5,10-11,25-27H,6-9H2,1H3/b17-12-,19-18-. The Morgan fingerprint density at radius 1 is 1.29 bits per heavy atom. The molecule has 1 heterocycles. The summed E-state index contributed by atoms with van der Waals surface area (Å²) in [6.07, 6.45) is 1.84. The summed E-state index contributed by atoms with van der Waals surface area (Å²) in [6, 6.07) is 6.85. The lowest BCUT2D eigenvalue weighted by molar-refractivity contribution is 0.282. The molecule has 2 aromatic rings. The molecule has 3 rings (SSSR count). The van der Waals surface area contributed by atoms with Gasteiger partial charge in [-0.1, -0.05) is 0 Å². The van der Waals surface area contributed by atoms with E-state index in [9.17, 15) is 26.7 Å². The van der Waals surface area contributed by atoms with Crippen molar-refractivity contribution in [3.05, 3.63) is 69.1 Å². The molecule has 1 saturated carbocycles. The second-order valence-electron chi connectivity index (χ2n) is 7.09. The van der Waals surface area contributed by atoms with Crippen LogP contribution in [-0.4, -0.2) is 24.9 Å². The number of sulfonamides is 1. The molecule has 0 amide bonds. The minimum absolute atomic E-state index is 0.0112. The monoisotopic (exact) mass is 568 g/mol. The number of aliphatic hydroxyl groups excluding tert-OH is 1. The highest BCUT2D eigenvalue weighted by molar-refractivity contribution is 14.1. The third kappa shape index (κ3) is 5.09. The molecular formula is C20H20F3IN2O4S. The van der Waals surface area contributed by atoms with E-state index in [4.69, 9.17) is 4.42 Å². The molecule has 0 unspecified atom stereocenters. The zero-order valence-electron chi connectivity index (χ0n) is 16.4. The van der Waals surface area contributed by atoms with E-state index in [1.807, 2.05) is 22.6 Å². The van der Waals surface area contributed by atoms with Gasteiger partial charge in [-0.05, 0) is 79.1 Å². The lowest BCUT2D eigenvalue weighted by atomic mass is 10.2. The fourth-order valence-corrected chi connectivity index (χ4v) is 5.15. The van der Waals surface area contributed by atoms with E-state index in [0.29, 0.717) is 16.4 Å². The van der Waals surface area contributed by atoms with Crippen LogP contribution in [0.3, 0.4) is 0 Å². The fraction of sp³-hybridized carbons (Fsp3) is 0.300.